The van der Waals surface area contributed by atoms with Gasteiger partial charge in [0.25, 0.3) is 5.91 Å². The molecular weight excluding hydrogens is 416 g/mol. The number of thioether (sulfide) groups is 1. The predicted molar refractivity (Wildman–Crippen MR) is 111 cm³/mol. The summed E-state index contributed by atoms with van der Waals surface area (Å²) < 4.78 is 10.6. The van der Waals surface area contributed by atoms with Gasteiger partial charge in [-0.15, -0.1) is 11.8 Å². The molecule has 0 aliphatic carbocycles. The third-order valence-corrected chi connectivity index (χ3v) is 5.44. The summed E-state index contributed by atoms with van der Waals surface area (Å²) >= 11 is 7.22. The fourth-order valence-corrected chi connectivity index (χ4v) is 3.40. The largest absolute Gasteiger partial charge is 0.492 e. The summed E-state index contributed by atoms with van der Waals surface area (Å²) in [7, 11) is 1.60. The van der Waals surface area contributed by atoms with E-state index in [1.165, 1.54) is 16.7 Å². The lowest BCUT2D eigenvalue weighted by Crippen LogP contribution is -2.34. The number of rotatable bonds is 7. The van der Waals surface area contributed by atoms with Gasteiger partial charge < -0.3 is 19.7 Å². The van der Waals surface area contributed by atoms with Gasteiger partial charge in [0, 0.05) is 17.0 Å². The molecule has 2 aromatic rings. The average molecular weight is 435 g/mol. The number of nitrogens with zero attached hydrogens (tertiary/aromatic N) is 1. The third-order valence-electron chi connectivity index (χ3n) is 4.11. The number of carbonyl (C=O) groups is 3. The zero-order valence-corrected chi connectivity index (χ0v) is 17.2. The first kappa shape index (κ1) is 21.0. The van der Waals surface area contributed by atoms with Crippen LogP contribution in [0.25, 0.3) is 0 Å². The molecule has 1 heterocycles. The molecule has 0 atom stereocenters. The highest BCUT2D eigenvalue weighted by atomic mass is 35.5. The maximum atomic E-state index is 12.2. The van der Waals surface area contributed by atoms with Crippen molar-refractivity contribution in [1.29, 1.82) is 0 Å². The summed E-state index contributed by atoms with van der Waals surface area (Å²) in [6.07, 6.45) is 0. The van der Waals surface area contributed by atoms with E-state index in [-0.39, 0.29) is 24.0 Å². The minimum Gasteiger partial charge on any atom is -0.492 e. The molecule has 152 valence electrons. The number of anilines is 1. The van der Waals surface area contributed by atoms with E-state index in [0.29, 0.717) is 35.4 Å². The third kappa shape index (κ3) is 5.88. The van der Waals surface area contributed by atoms with Gasteiger partial charge in [-0.1, -0.05) is 11.6 Å². The first-order valence-corrected chi connectivity index (χ1v) is 10.1. The van der Waals surface area contributed by atoms with Crippen molar-refractivity contribution in [2.24, 2.45) is 0 Å². The fraction of sp³-hybridized carbons (Fsp3) is 0.250. The molecule has 0 fully saturated rings. The van der Waals surface area contributed by atoms with Crippen LogP contribution in [0.2, 0.25) is 5.02 Å². The van der Waals surface area contributed by atoms with Crippen molar-refractivity contribution in [2.45, 2.75) is 4.90 Å². The highest BCUT2D eigenvalue weighted by Gasteiger charge is 2.19. The van der Waals surface area contributed by atoms with Crippen LogP contribution in [0.1, 0.15) is 10.4 Å². The number of ether oxygens (including phenoxy) is 2. The quantitative estimate of drug-likeness (QED) is 0.674. The zero-order chi connectivity index (χ0) is 20.8. The lowest BCUT2D eigenvalue weighted by atomic mass is 10.2. The topological polar surface area (TPSA) is 84.9 Å². The van der Waals surface area contributed by atoms with Crippen LogP contribution in [0, 0.1) is 0 Å². The van der Waals surface area contributed by atoms with Crippen LogP contribution in [0.3, 0.4) is 0 Å². The van der Waals surface area contributed by atoms with Gasteiger partial charge in [0.1, 0.15) is 12.4 Å². The molecule has 0 aromatic heterocycles. The molecule has 1 N–H and O–H groups in total. The van der Waals surface area contributed by atoms with E-state index >= 15 is 0 Å². The average Bonchev–Trinajstić information content (AvgIpc) is 2.72. The SMILES string of the molecule is CN(CCOc1ccc(Cl)cc1)C(=O)COC(=O)c1ccc2c(c1)NC(=O)CS2. The molecule has 1 aliphatic heterocycles. The highest BCUT2D eigenvalue weighted by Crippen LogP contribution is 2.32. The second-order valence-corrected chi connectivity index (χ2v) is 7.70. The first-order chi connectivity index (χ1) is 13.9. The van der Waals surface area contributed by atoms with Gasteiger partial charge in [0.2, 0.25) is 5.91 Å². The predicted octanol–water partition coefficient (Wildman–Crippen LogP) is 3.08. The van der Waals surface area contributed by atoms with Gasteiger partial charge in [-0.25, -0.2) is 4.79 Å². The van der Waals surface area contributed by atoms with Gasteiger partial charge in [0.05, 0.1) is 23.5 Å². The minimum atomic E-state index is -0.628. The van der Waals surface area contributed by atoms with Crippen molar-refractivity contribution in [3.63, 3.8) is 0 Å². The first-order valence-electron chi connectivity index (χ1n) is 8.78. The zero-order valence-electron chi connectivity index (χ0n) is 15.6. The lowest BCUT2D eigenvalue weighted by Gasteiger charge is -2.18. The Morgan fingerprint density at radius 1 is 1.21 bits per heavy atom. The number of amides is 2. The Labute approximate surface area is 177 Å². The monoisotopic (exact) mass is 434 g/mol. The van der Waals surface area contributed by atoms with Crippen LogP contribution in [-0.4, -0.2) is 55.2 Å². The summed E-state index contributed by atoms with van der Waals surface area (Å²) in [6.45, 7) is 0.246. The van der Waals surface area contributed by atoms with E-state index in [9.17, 15) is 14.4 Å². The van der Waals surface area contributed by atoms with Crippen molar-refractivity contribution < 1.29 is 23.9 Å². The molecule has 0 radical (unpaired) electrons. The van der Waals surface area contributed by atoms with E-state index in [4.69, 9.17) is 21.1 Å². The van der Waals surface area contributed by atoms with Crippen LogP contribution in [0.5, 0.6) is 5.75 Å². The van der Waals surface area contributed by atoms with Crippen LogP contribution >= 0.6 is 23.4 Å². The maximum Gasteiger partial charge on any atom is 0.338 e. The van der Waals surface area contributed by atoms with Crippen LogP contribution < -0.4 is 10.1 Å². The number of benzene rings is 2. The van der Waals surface area contributed by atoms with Crippen LogP contribution in [0.4, 0.5) is 5.69 Å². The fourth-order valence-electron chi connectivity index (χ4n) is 2.49. The highest BCUT2D eigenvalue weighted by molar-refractivity contribution is 8.00. The molecule has 0 saturated carbocycles. The van der Waals surface area contributed by atoms with E-state index < -0.39 is 5.97 Å². The molecule has 0 spiro atoms. The van der Waals surface area contributed by atoms with Crippen molar-refractivity contribution in [2.75, 3.05) is 37.9 Å². The summed E-state index contributed by atoms with van der Waals surface area (Å²) in [4.78, 5) is 38.2. The number of hydrogen-bond acceptors (Lipinski definition) is 6. The standard InChI is InChI=1S/C20H19ClN2O5S/c1-23(8-9-27-15-5-3-14(21)4-6-15)19(25)11-28-20(26)13-2-7-17-16(10-13)22-18(24)12-29-17/h2-7,10H,8-9,11-12H2,1H3,(H,22,24). The van der Waals surface area contributed by atoms with Gasteiger partial charge in [-0.2, -0.15) is 0 Å². The number of fused-ring (bicyclic) bond motifs is 1. The Balaban J connectivity index is 1.44. The van der Waals surface area contributed by atoms with Crippen molar-refractivity contribution in [1.82, 2.24) is 4.90 Å². The van der Waals surface area contributed by atoms with Crippen molar-refractivity contribution in [3.8, 4) is 5.75 Å². The molecule has 2 amide bonds. The second-order valence-electron chi connectivity index (χ2n) is 6.24. The van der Waals surface area contributed by atoms with Gasteiger partial charge in [-0.3, -0.25) is 9.59 Å². The van der Waals surface area contributed by atoms with E-state index in [0.717, 1.165) is 4.90 Å². The van der Waals surface area contributed by atoms with Crippen LogP contribution in [0.15, 0.2) is 47.4 Å². The molecule has 9 heteroatoms. The summed E-state index contributed by atoms with van der Waals surface area (Å²) in [6, 6.07) is 11.8. The number of halogens is 1. The molecule has 3 rings (SSSR count). The van der Waals surface area contributed by atoms with Gasteiger partial charge in [-0.05, 0) is 42.5 Å². The molecule has 0 saturated heterocycles. The van der Waals surface area contributed by atoms with Crippen molar-refractivity contribution >= 4 is 46.8 Å². The van der Waals surface area contributed by atoms with Gasteiger partial charge >= 0.3 is 5.97 Å². The Hall–Kier alpha value is -2.71. The molecule has 0 unspecified atom stereocenters. The number of likely N-dealkylation sites (N-methyl/N-ethyl adjacent to an activating group) is 1. The summed E-state index contributed by atoms with van der Waals surface area (Å²) in [5.74, 6) is -0.0963. The summed E-state index contributed by atoms with van der Waals surface area (Å²) in [5, 5.41) is 3.33. The molecule has 7 nitrogen and oxygen atoms in total. The van der Waals surface area contributed by atoms with Gasteiger partial charge in [0.15, 0.2) is 6.61 Å². The lowest BCUT2D eigenvalue weighted by molar-refractivity contribution is -0.133. The molecule has 2 aromatic carbocycles. The van der Waals surface area contributed by atoms with E-state index in [2.05, 4.69) is 5.32 Å². The van der Waals surface area contributed by atoms with Crippen LogP contribution in [-0.2, 0) is 14.3 Å². The smallest absolute Gasteiger partial charge is 0.338 e. The molecule has 29 heavy (non-hydrogen) atoms. The minimum absolute atomic E-state index is 0.120. The van der Waals surface area contributed by atoms with E-state index in [1.807, 2.05) is 0 Å². The van der Waals surface area contributed by atoms with E-state index in [1.54, 1.807) is 49.5 Å². The Morgan fingerprint density at radius 2 is 1.97 bits per heavy atom. The number of esters is 1. The number of hydrogen-bond donors (Lipinski definition) is 1. The number of nitrogens with one attached hydrogen (secondary N) is 1. The Kier molecular flexibility index (Phi) is 7.00. The normalized spacial score (nSPS) is 12.6. The molecule has 1 aliphatic rings. The molecule has 0 bridgehead atoms. The number of carbonyl (C=O) groups excluding carboxylic acids is 3. The Bertz CT molecular complexity index is 920. The summed E-state index contributed by atoms with van der Waals surface area (Å²) in [5.41, 5.74) is 0.844. The second kappa shape index (κ2) is 9.67. The molecular formula is C20H19ClN2O5S. The maximum absolute atomic E-state index is 12.2. The Morgan fingerprint density at radius 3 is 2.72 bits per heavy atom. The van der Waals surface area contributed by atoms with Crippen molar-refractivity contribution in [3.05, 3.63) is 53.1 Å².